The van der Waals surface area contributed by atoms with E-state index in [0.717, 1.165) is 31.5 Å². The molecule has 18 N–H and O–H groups in total. The second-order valence-corrected chi connectivity index (χ2v) is 35.8. The lowest BCUT2D eigenvalue weighted by molar-refractivity contribution is -0.152. The van der Waals surface area contributed by atoms with E-state index in [-0.39, 0.29) is 74.9 Å². The number of unbranched alkanes of at least 4 members (excludes halogenated alkanes) is 1. The van der Waals surface area contributed by atoms with E-state index in [1.54, 1.807) is 91.9 Å². The number of phenolic OH excluding ortho intramolecular Hbond substituents is 1. The number of hydrogen-bond donors (Lipinski definition) is 16. The number of amides is 15. The van der Waals surface area contributed by atoms with E-state index in [9.17, 15) is 73.1 Å². The SMILES string of the molecule is CCCC[C@H]1C(=O)N2C[C@@H](O)C[C@@H]2C(=O)N[C@@H](CC(=O)O)C(=O)N[C@@H](C(C)C)C(=O)N(C)[C@@H](Cc2ccccc2)C(=O)N[C@@H](CCC(=O)O)C(=O)N2CCCC[C@@H]2C(=O)N[C@@H](Cc2cn(CC(=O)O)c3ccccc23)C(=O)N[C@@H](Cc2ccc(O)cc2)C(=O)N[C@@H](CCN)C(=O)N[C@H](C(=O)NCC(N)=O)CSCC(=O)N[C@@H](Cc2cc(F)c(F)c(F)c2)C(=O)N(C)[C@@H](Cc2ccccc2)C(=O)N1C. The van der Waals surface area contributed by atoms with E-state index >= 15 is 51.9 Å². The van der Waals surface area contributed by atoms with Crippen LogP contribution in [0.5, 0.6) is 5.75 Å². The van der Waals surface area contributed by atoms with Crippen molar-refractivity contribution < 1.29 is 125 Å². The van der Waals surface area contributed by atoms with Crippen LogP contribution in [0.25, 0.3) is 10.9 Å². The van der Waals surface area contributed by atoms with Gasteiger partial charge in [0.25, 0.3) is 0 Å². The van der Waals surface area contributed by atoms with Crippen LogP contribution in [0.3, 0.4) is 0 Å². The number of aliphatic hydroxyl groups is 1. The van der Waals surface area contributed by atoms with Gasteiger partial charge in [-0.05, 0) is 109 Å². The number of nitrogens with one attached hydrogen (secondary N) is 9. The molecule has 0 aliphatic carbocycles. The van der Waals surface area contributed by atoms with Gasteiger partial charge >= 0.3 is 17.9 Å². The fourth-order valence-electron chi connectivity index (χ4n) is 16.8. The van der Waals surface area contributed by atoms with Gasteiger partial charge in [-0.3, -0.25) is 86.3 Å². The highest BCUT2D eigenvalue weighted by Gasteiger charge is 2.48. The van der Waals surface area contributed by atoms with E-state index in [1.807, 2.05) is 0 Å². The second kappa shape index (κ2) is 50.7. The summed E-state index contributed by atoms with van der Waals surface area (Å²) in [6.07, 6.45) is -5.33. The Morgan fingerprint density at radius 2 is 1.08 bits per heavy atom. The average molecular weight is 1940 g/mol. The molecule has 0 saturated carbocycles. The lowest BCUT2D eigenvalue weighted by Gasteiger charge is -2.38. The van der Waals surface area contributed by atoms with Crippen molar-refractivity contribution in [2.75, 3.05) is 58.8 Å². The number of carbonyl (C=O) groups excluding carboxylic acids is 15. The van der Waals surface area contributed by atoms with Crippen LogP contribution in [-0.4, -0.2) is 305 Å². The number of aliphatic hydroxyl groups excluding tert-OH is 1. The van der Waals surface area contributed by atoms with Crippen molar-refractivity contribution in [1.29, 1.82) is 0 Å². The molecule has 138 heavy (non-hydrogen) atoms. The van der Waals surface area contributed by atoms with Crippen LogP contribution in [0.15, 0.2) is 128 Å². The minimum atomic E-state index is -2.08. The van der Waals surface area contributed by atoms with Gasteiger partial charge < -0.3 is 114 Å². The summed E-state index contributed by atoms with van der Waals surface area (Å²) in [4.78, 5) is 268. The topological polar surface area (TPSA) is 590 Å². The maximum Gasteiger partial charge on any atom is 0.323 e. The van der Waals surface area contributed by atoms with Crippen molar-refractivity contribution in [1.82, 2.24) is 76.9 Å². The van der Waals surface area contributed by atoms with E-state index in [4.69, 9.17) is 11.5 Å². The zero-order chi connectivity index (χ0) is 101. The number of fused-ring (bicyclic) bond motifs is 3. The Bertz CT molecular complexity index is 5410. The lowest BCUT2D eigenvalue weighted by atomic mass is 9.97. The van der Waals surface area contributed by atoms with Crippen LogP contribution in [0, 0.1) is 23.4 Å². The Hall–Kier alpha value is -14.0. The third kappa shape index (κ3) is 29.7. The number of rotatable bonds is 26. The molecule has 0 spiro atoms. The van der Waals surface area contributed by atoms with E-state index in [0.29, 0.717) is 52.3 Å². The molecule has 3 aliphatic heterocycles. The Morgan fingerprint density at radius 1 is 0.529 bits per heavy atom. The Labute approximate surface area is 796 Å². The molecule has 5 aromatic carbocycles. The molecular formula is C94H118F3N17O23S. The van der Waals surface area contributed by atoms with Crippen molar-refractivity contribution in [2.45, 2.75) is 215 Å². The fourth-order valence-corrected chi connectivity index (χ4v) is 17.7. The summed E-state index contributed by atoms with van der Waals surface area (Å²) in [5.41, 5.74) is 12.8. The number of nitrogens with zero attached hydrogens (tertiary/aromatic N) is 6. The summed E-state index contributed by atoms with van der Waals surface area (Å²) in [7, 11) is 3.53. The first kappa shape index (κ1) is 108. The fraction of sp³-hybridized carbons (Fsp3) is 0.468. The number of hydrogen-bond acceptors (Lipinski definition) is 22. The van der Waals surface area contributed by atoms with Crippen LogP contribution in [0.4, 0.5) is 13.2 Å². The lowest BCUT2D eigenvalue weighted by Crippen LogP contribution is -2.63. The van der Waals surface area contributed by atoms with Gasteiger partial charge in [-0.1, -0.05) is 125 Å². The molecule has 3 fully saturated rings. The summed E-state index contributed by atoms with van der Waals surface area (Å²) < 4.78 is 46.5. The number of nitrogens with two attached hydrogens (primary N) is 2. The molecule has 9 rings (SSSR count). The van der Waals surface area contributed by atoms with Crippen molar-refractivity contribution >= 4 is 129 Å². The third-order valence-electron chi connectivity index (χ3n) is 24.2. The number of aromatic nitrogens is 1. The maximum atomic E-state index is 15.7. The smallest absolute Gasteiger partial charge is 0.323 e. The summed E-state index contributed by atoms with van der Waals surface area (Å²) in [6, 6.07) is 6.06. The molecule has 40 nitrogen and oxygen atoms in total. The number of primary amides is 1. The third-order valence-corrected chi connectivity index (χ3v) is 25.2. The monoisotopic (exact) mass is 1940 g/mol. The standard InChI is InChI=1S/C94H118F3N17O23S/c1-7-8-24-71-93(136)114-47-58(116)43-73(114)89(132)106-66(44-78(121)122)86(129)108-81(51(2)3)94(137)110(5)72(40-52-19-11-9-12-20-52)88(131)103-63(31-32-77(119)120)91(134)113-35-18-17-26-70(113)87(130)105-65(42-56-46-112(48-79(123)124)69-25-16-15-23-59(56)69)85(128)104-64(38-54-27-29-57(115)30-28-54)84(127)102-62(33-34-98)83(126)107-68(82(125)100-45-75(99)117)49-138-50-76(118)101-67(39-55-36-60(95)80(97)61(96)37-55)90(133)111(6)74(92(135)109(71)4)41-53-21-13-10-14-22-53/h9-16,19-23,25,27-30,36-37,46,51,58,62-68,70-74,81,115-116H,7-8,17-18,24,26,31-35,38-45,47-50,98H2,1-6H3,(H2,99,117)(H,100,125)(H,101,118)(H,102,127)(H,103,131)(H,104,128)(H,105,130)(H,106,132)(H,107,126)(H,108,129)(H,119,120)(H,121,122)(H,123,124)/t58-,62-,63-,64-,65-,66-,67-,68-,70+,71-,72-,73+,74-,81-/m0/s1. The number of carbonyl (C=O) groups is 18. The van der Waals surface area contributed by atoms with Crippen LogP contribution in [-0.2, 0) is 125 Å². The zero-order valence-corrected chi connectivity index (χ0v) is 77.8. The molecule has 1 aromatic heterocycles. The van der Waals surface area contributed by atoms with E-state index < -0.39 is 303 Å². The number of carboxylic acids is 3. The van der Waals surface area contributed by atoms with Crippen LogP contribution < -0.4 is 59.3 Å². The number of aliphatic carboxylic acids is 3. The first-order valence-electron chi connectivity index (χ1n) is 45.1. The molecule has 3 saturated heterocycles. The largest absolute Gasteiger partial charge is 0.508 e. The Kier molecular flexibility index (Phi) is 39.5. The van der Waals surface area contributed by atoms with Gasteiger partial charge in [0, 0.05) is 102 Å². The van der Waals surface area contributed by atoms with Gasteiger partial charge in [-0.15, -0.1) is 11.8 Å². The number of likely N-dealkylation sites (N-methyl/N-ethyl adjacent to an activating group) is 3. The van der Waals surface area contributed by atoms with Crippen molar-refractivity contribution in [3.8, 4) is 5.75 Å². The minimum absolute atomic E-state index is 0.136. The van der Waals surface area contributed by atoms with Gasteiger partial charge in [-0.25, -0.2) is 13.2 Å². The molecule has 14 atom stereocenters. The summed E-state index contributed by atoms with van der Waals surface area (Å²) >= 11 is 0.605. The minimum Gasteiger partial charge on any atom is -0.508 e. The summed E-state index contributed by atoms with van der Waals surface area (Å²) in [5.74, 6) is -28.6. The van der Waals surface area contributed by atoms with Gasteiger partial charge in [0.1, 0.15) is 90.8 Å². The van der Waals surface area contributed by atoms with E-state index in [1.165, 1.54) is 63.0 Å². The Morgan fingerprint density at radius 3 is 1.69 bits per heavy atom. The zero-order valence-electron chi connectivity index (χ0n) is 77.0. The highest BCUT2D eigenvalue weighted by Crippen LogP contribution is 2.30. The number of aromatic hydroxyl groups is 1. The van der Waals surface area contributed by atoms with E-state index in [2.05, 4.69) is 47.9 Å². The molecule has 0 unspecified atom stereocenters. The summed E-state index contributed by atoms with van der Waals surface area (Å²) in [6.45, 7) is 2.11. The highest BCUT2D eigenvalue weighted by molar-refractivity contribution is 8.00. The molecule has 44 heteroatoms. The molecular weight excluding hydrogens is 1820 g/mol. The number of benzene rings is 5. The van der Waals surface area contributed by atoms with Gasteiger partial charge in [0.2, 0.25) is 88.6 Å². The first-order chi connectivity index (χ1) is 65.6. The summed E-state index contributed by atoms with van der Waals surface area (Å²) in [5, 5.41) is 75.6. The molecule has 15 amide bonds. The maximum absolute atomic E-state index is 15.7. The van der Waals surface area contributed by atoms with Crippen LogP contribution >= 0.6 is 11.8 Å². The second-order valence-electron chi connectivity index (χ2n) is 34.7. The normalized spacial score (nSPS) is 23.7. The number of thioether (sulfide) groups is 1. The quantitative estimate of drug-likeness (QED) is 0.0317. The van der Waals surface area contributed by atoms with Crippen molar-refractivity contribution in [3.05, 3.63) is 173 Å². The number of piperidine rings is 1. The van der Waals surface area contributed by atoms with Gasteiger partial charge in [0.15, 0.2) is 17.5 Å². The molecule has 4 heterocycles. The van der Waals surface area contributed by atoms with Crippen molar-refractivity contribution in [3.63, 3.8) is 0 Å². The first-order valence-corrected chi connectivity index (χ1v) is 46.3. The molecule has 3 aliphatic rings. The van der Waals surface area contributed by atoms with Crippen molar-refractivity contribution in [2.24, 2.45) is 17.4 Å². The van der Waals surface area contributed by atoms with Crippen LogP contribution in [0.2, 0.25) is 0 Å². The Balaban J connectivity index is 1.16. The predicted molar refractivity (Wildman–Crippen MR) is 493 cm³/mol. The average Bonchev–Trinajstić information content (AvgIpc) is 1.63. The molecule has 744 valence electrons. The molecule has 0 radical (unpaired) electrons. The molecule has 0 bridgehead atoms. The molecule has 6 aromatic rings. The predicted octanol–water partition coefficient (Wildman–Crippen LogP) is -0.0528. The number of carboxylic acid groups (broad SMARTS) is 3. The van der Waals surface area contributed by atoms with Gasteiger partial charge in [-0.2, -0.15) is 0 Å². The number of halogens is 3. The van der Waals surface area contributed by atoms with Gasteiger partial charge in [0.05, 0.1) is 24.8 Å². The highest BCUT2D eigenvalue weighted by atomic mass is 32.2. The number of para-hydroxylation sites is 1. The number of phenols is 1. The van der Waals surface area contributed by atoms with Crippen LogP contribution in [0.1, 0.15) is 119 Å².